The van der Waals surface area contributed by atoms with Crippen LogP contribution in [-0.4, -0.2) is 40.5 Å². The quantitative estimate of drug-likeness (QED) is 0.695. The van der Waals surface area contributed by atoms with Gasteiger partial charge in [-0.05, 0) is 80.5 Å². The van der Waals surface area contributed by atoms with Crippen LogP contribution in [0.25, 0.3) is 0 Å². The first-order valence-corrected chi connectivity index (χ1v) is 11.0. The second kappa shape index (κ2) is 8.96. The van der Waals surface area contributed by atoms with Gasteiger partial charge in [-0.1, -0.05) is 23.2 Å². The second-order valence-electron chi connectivity index (χ2n) is 8.09. The molecule has 0 radical (unpaired) electrons. The average molecular weight is 447 g/mol. The van der Waals surface area contributed by atoms with E-state index in [0.717, 1.165) is 38.6 Å². The van der Waals surface area contributed by atoms with E-state index in [0.29, 0.717) is 27.8 Å². The molecule has 2 aromatic carbocycles. The van der Waals surface area contributed by atoms with E-state index in [9.17, 15) is 14.7 Å². The Morgan fingerprint density at radius 1 is 1.03 bits per heavy atom. The highest BCUT2D eigenvalue weighted by Crippen LogP contribution is 2.36. The minimum Gasteiger partial charge on any atom is -0.393 e. The normalized spacial score (nSPS) is 23.6. The number of nitrogens with one attached hydrogen (secondary N) is 1. The van der Waals surface area contributed by atoms with Crippen LogP contribution in [0.15, 0.2) is 42.5 Å². The number of hydrogen-bond acceptors (Lipinski definition) is 3. The molecule has 1 saturated heterocycles. The molecule has 0 bridgehead atoms. The Kier molecular flexibility index (Phi) is 6.32. The number of halogens is 2. The van der Waals surface area contributed by atoms with E-state index in [1.165, 1.54) is 6.07 Å². The van der Waals surface area contributed by atoms with Gasteiger partial charge in [-0.2, -0.15) is 0 Å². The first kappa shape index (κ1) is 21.2. The Morgan fingerprint density at radius 2 is 1.80 bits per heavy atom. The van der Waals surface area contributed by atoms with Crippen molar-refractivity contribution in [3.05, 3.63) is 63.6 Å². The smallest absolute Gasteiger partial charge is 0.257 e. The van der Waals surface area contributed by atoms with Gasteiger partial charge in [-0.3, -0.25) is 9.59 Å². The van der Waals surface area contributed by atoms with Crippen molar-refractivity contribution in [1.82, 2.24) is 4.90 Å². The highest BCUT2D eigenvalue weighted by molar-refractivity contribution is 6.37. The predicted octanol–water partition coefficient (Wildman–Crippen LogP) is 5.01. The lowest BCUT2D eigenvalue weighted by Gasteiger charge is -2.45. The van der Waals surface area contributed by atoms with Crippen LogP contribution in [0.1, 0.15) is 52.8 Å². The summed E-state index contributed by atoms with van der Waals surface area (Å²) in [5, 5.41) is 13.5. The van der Waals surface area contributed by atoms with Crippen LogP contribution in [0.4, 0.5) is 5.69 Å². The van der Waals surface area contributed by atoms with Crippen molar-refractivity contribution in [2.45, 2.75) is 44.2 Å². The third-order valence-electron chi connectivity index (χ3n) is 6.12. The fraction of sp³-hybridized carbons (Fsp3) is 0.391. The zero-order chi connectivity index (χ0) is 21.3. The maximum atomic E-state index is 13.1. The molecular formula is C23H24Cl2N2O3. The number of carbonyl (C=O) groups excluding carboxylic acids is 2. The molecule has 7 heteroatoms. The van der Waals surface area contributed by atoms with E-state index in [4.69, 9.17) is 23.2 Å². The van der Waals surface area contributed by atoms with Crippen LogP contribution < -0.4 is 5.32 Å². The lowest BCUT2D eigenvalue weighted by Crippen LogP contribution is -2.51. The minimum atomic E-state index is -0.338. The topological polar surface area (TPSA) is 69.6 Å². The molecule has 30 heavy (non-hydrogen) atoms. The van der Waals surface area contributed by atoms with Crippen LogP contribution in [0.3, 0.4) is 0 Å². The summed E-state index contributed by atoms with van der Waals surface area (Å²) in [4.78, 5) is 27.5. The Labute approximate surface area is 186 Å². The van der Waals surface area contributed by atoms with Gasteiger partial charge in [0.25, 0.3) is 11.8 Å². The van der Waals surface area contributed by atoms with Crippen molar-refractivity contribution in [2.75, 3.05) is 11.9 Å². The summed E-state index contributed by atoms with van der Waals surface area (Å²) >= 11 is 12.0. The highest BCUT2D eigenvalue weighted by Gasteiger charge is 2.38. The summed E-state index contributed by atoms with van der Waals surface area (Å²) in [6, 6.07) is 11.8. The van der Waals surface area contributed by atoms with Gasteiger partial charge in [0.15, 0.2) is 0 Å². The van der Waals surface area contributed by atoms with Gasteiger partial charge < -0.3 is 15.3 Å². The highest BCUT2D eigenvalue weighted by atomic mass is 35.5. The number of fused-ring (bicyclic) bond motifs is 1. The molecule has 0 spiro atoms. The Bertz CT molecular complexity index is 948. The number of aliphatic hydroxyl groups excluding tert-OH is 1. The van der Waals surface area contributed by atoms with Gasteiger partial charge in [-0.25, -0.2) is 0 Å². The monoisotopic (exact) mass is 446 g/mol. The molecule has 1 aliphatic carbocycles. The van der Waals surface area contributed by atoms with Crippen molar-refractivity contribution in [1.29, 1.82) is 0 Å². The van der Waals surface area contributed by atoms with Gasteiger partial charge in [0.05, 0.1) is 16.7 Å². The Morgan fingerprint density at radius 3 is 2.53 bits per heavy atom. The molecule has 2 fully saturated rings. The molecule has 0 unspecified atom stereocenters. The van der Waals surface area contributed by atoms with Crippen LogP contribution >= 0.6 is 23.2 Å². The standard InChI is InChI=1S/C23H24Cl2N2O3/c24-16-5-9-19(20(25)13-16)22(29)26-17-6-3-14(4-7-17)23(30)27-11-1-2-15-12-18(28)8-10-21(15)27/h3-7,9,13,15,18,21,28H,1-2,8,10-12H2,(H,26,29)/t15-,18-,21-/m0/s1. The summed E-state index contributed by atoms with van der Waals surface area (Å²) < 4.78 is 0. The fourth-order valence-electron chi connectivity index (χ4n) is 4.62. The fourth-order valence-corrected chi connectivity index (χ4v) is 5.11. The zero-order valence-electron chi connectivity index (χ0n) is 16.5. The molecule has 2 N–H and O–H groups in total. The van der Waals surface area contributed by atoms with Crippen molar-refractivity contribution in [3.63, 3.8) is 0 Å². The number of amides is 2. The van der Waals surface area contributed by atoms with E-state index in [1.807, 2.05) is 4.90 Å². The molecule has 5 nitrogen and oxygen atoms in total. The van der Waals surface area contributed by atoms with E-state index < -0.39 is 0 Å². The van der Waals surface area contributed by atoms with E-state index in [1.54, 1.807) is 36.4 Å². The lowest BCUT2D eigenvalue weighted by atomic mass is 9.77. The van der Waals surface area contributed by atoms with E-state index >= 15 is 0 Å². The number of rotatable bonds is 3. The number of carbonyl (C=O) groups is 2. The molecule has 3 atom stereocenters. The molecule has 158 valence electrons. The molecule has 2 aromatic rings. The molecule has 4 rings (SSSR count). The van der Waals surface area contributed by atoms with Crippen LogP contribution in [0, 0.1) is 5.92 Å². The average Bonchev–Trinajstić information content (AvgIpc) is 2.73. The second-order valence-corrected chi connectivity index (χ2v) is 8.93. The zero-order valence-corrected chi connectivity index (χ0v) is 18.0. The number of anilines is 1. The number of aliphatic hydroxyl groups is 1. The SMILES string of the molecule is O=C(Nc1ccc(C(=O)N2CCC[C@H]3C[C@@H](O)CC[C@@H]32)cc1)c1ccc(Cl)cc1Cl. The first-order chi connectivity index (χ1) is 14.4. The summed E-state index contributed by atoms with van der Waals surface area (Å²) in [7, 11) is 0. The van der Waals surface area contributed by atoms with E-state index in [2.05, 4.69) is 5.32 Å². The van der Waals surface area contributed by atoms with Gasteiger partial charge in [0.2, 0.25) is 0 Å². The molecule has 2 amide bonds. The lowest BCUT2D eigenvalue weighted by molar-refractivity contribution is 0.00727. The third kappa shape index (κ3) is 4.48. The largest absolute Gasteiger partial charge is 0.393 e. The Hall–Kier alpha value is -2.08. The van der Waals surface area contributed by atoms with Crippen molar-refractivity contribution in [2.24, 2.45) is 5.92 Å². The maximum absolute atomic E-state index is 13.1. The van der Waals surface area contributed by atoms with Gasteiger partial charge in [0, 0.05) is 28.9 Å². The number of benzene rings is 2. The number of piperidine rings is 1. The number of nitrogens with zero attached hydrogens (tertiary/aromatic N) is 1. The van der Waals surface area contributed by atoms with Crippen molar-refractivity contribution < 1.29 is 14.7 Å². The van der Waals surface area contributed by atoms with Crippen molar-refractivity contribution >= 4 is 40.7 Å². The number of likely N-dealkylation sites (tertiary alicyclic amines) is 1. The van der Waals surface area contributed by atoms with Crippen LogP contribution in [-0.2, 0) is 0 Å². The molecule has 0 aromatic heterocycles. The summed E-state index contributed by atoms with van der Waals surface area (Å²) in [6.07, 6.45) is 4.20. The summed E-state index contributed by atoms with van der Waals surface area (Å²) in [6.45, 7) is 0.754. The molecule has 1 heterocycles. The molecule has 2 aliphatic rings. The van der Waals surface area contributed by atoms with E-state index in [-0.39, 0.29) is 29.0 Å². The maximum Gasteiger partial charge on any atom is 0.257 e. The van der Waals surface area contributed by atoms with Gasteiger partial charge in [-0.15, -0.1) is 0 Å². The summed E-state index contributed by atoms with van der Waals surface area (Å²) in [5.74, 6) is 0.0595. The van der Waals surface area contributed by atoms with Gasteiger partial charge >= 0.3 is 0 Å². The Balaban J connectivity index is 1.44. The van der Waals surface area contributed by atoms with Crippen LogP contribution in [0.2, 0.25) is 10.0 Å². The molecule has 1 saturated carbocycles. The molecule has 1 aliphatic heterocycles. The van der Waals surface area contributed by atoms with Gasteiger partial charge in [0.1, 0.15) is 0 Å². The minimum absolute atomic E-state index is 0.0136. The van der Waals surface area contributed by atoms with Crippen molar-refractivity contribution in [3.8, 4) is 0 Å². The number of hydrogen-bond donors (Lipinski definition) is 2. The first-order valence-electron chi connectivity index (χ1n) is 10.3. The predicted molar refractivity (Wildman–Crippen MR) is 118 cm³/mol. The molecular weight excluding hydrogens is 423 g/mol. The van der Waals surface area contributed by atoms with Crippen LogP contribution in [0.5, 0.6) is 0 Å². The summed E-state index contributed by atoms with van der Waals surface area (Å²) in [5.41, 5.74) is 1.52. The third-order valence-corrected chi connectivity index (χ3v) is 6.66.